The van der Waals surface area contributed by atoms with E-state index >= 15 is 0 Å². The van der Waals surface area contributed by atoms with Gasteiger partial charge < -0.3 is 14.5 Å². The Hall–Kier alpha value is -3.64. The van der Waals surface area contributed by atoms with Crippen LogP contribution in [0.1, 0.15) is 70.4 Å². The van der Waals surface area contributed by atoms with E-state index in [1.54, 1.807) is 17.6 Å². The highest BCUT2D eigenvalue weighted by Crippen LogP contribution is 2.45. The number of hydrogen-bond acceptors (Lipinski definition) is 5. The van der Waals surface area contributed by atoms with Gasteiger partial charge in [-0.3, -0.25) is 4.79 Å². The van der Waals surface area contributed by atoms with Gasteiger partial charge in [0.2, 0.25) is 0 Å². The van der Waals surface area contributed by atoms with Crippen LogP contribution < -0.4 is 10.1 Å². The van der Waals surface area contributed by atoms with Gasteiger partial charge in [-0.2, -0.15) is 0 Å². The Morgan fingerprint density at radius 2 is 1.90 bits per heavy atom. The SMILES string of the molecule is Cc1ccc(COc2ccc(C=Nc3sc4c(c3C(=O)NCc3ccco3)CC[C@@H](C(C)(C)C)C4)cc2)cc1. The van der Waals surface area contributed by atoms with Crippen LogP contribution >= 0.6 is 11.3 Å². The molecule has 0 saturated carbocycles. The number of fused-ring (bicyclic) bond motifs is 1. The lowest BCUT2D eigenvalue weighted by Crippen LogP contribution is -2.28. The zero-order valence-electron chi connectivity index (χ0n) is 23.1. The van der Waals surface area contributed by atoms with Gasteiger partial charge in [0.15, 0.2) is 0 Å². The number of nitrogens with one attached hydrogen (secondary N) is 1. The van der Waals surface area contributed by atoms with Gasteiger partial charge in [-0.1, -0.05) is 50.6 Å². The topological polar surface area (TPSA) is 63.8 Å². The molecule has 0 saturated heterocycles. The number of carbonyl (C=O) groups is 1. The molecule has 202 valence electrons. The molecule has 5 nitrogen and oxygen atoms in total. The molecule has 1 atom stereocenters. The van der Waals surface area contributed by atoms with E-state index in [0.29, 0.717) is 24.6 Å². The van der Waals surface area contributed by atoms with E-state index in [0.717, 1.165) is 52.5 Å². The highest BCUT2D eigenvalue weighted by atomic mass is 32.1. The summed E-state index contributed by atoms with van der Waals surface area (Å²) in [5.41, 5.74) is 5.43. The second-order valence-corrected chi connectivity index (χ2v) is 12.4. The highest BCUT2D eigenvalue weighted by Gasteiger charge is 2.33. The van der Waals surface area contributed by atoms with Crippen molar-refractivity contribution in [3.05, 3.63) is 105 Å². The molecule has 2 aromatic heterocycles. The molecule has 2 aromatic carbocycles. The van der Waals surface area contributed by atoms with Gasteiger partial charge in [-0.05, 0) is 90.6 Å². The minimum Gasteiger partial charge on any atom is -0.489 e. The lowest BCUT2D eigenvalue weighted by Gasteiger charge is -2.33. The Morgan fingerprint density at radius 1 is 1.13 bits per heavy atom. The van der Waals surface area contributed by atoms with Crippen molar-refractivity contribution in [3.63, 3.8) is 0 Å². The third-order valence-corrected chi connectivity index (χ3v) is 8.60. The van der Waals surface area contributed by atoms with Crippen LogP contribution in [0.25, 0.3) is 0 Å². The largest absolute Gasteiger partial charge is 0.489 e. The average molecular weight is 541 g/mol. The Morgan fingerprint density at radius 3 is 2.59 bits per heavy atom. The minimum atomic E-state index is -0.0925. The number of furan rings is 1. The van der Waals surface area contributed by atoms with E-state index in [-0.39, 0.29) is 11.3 Å². The molecule has 0 fully saturated rings. The summed E-state index contributed by atoms with van der Waals surface area (Å²) >= 11 is 1.66. The fraction of sp³-hybridized carbons (Fsp3) is 0.333. The number of aryl methyl sites for hydroxylation is 1. The molecule has 0 radical (unpaired) electrons. The van der Waals surface area contributed by atoms with Crippen molar-refractivity contribution in [2.75, 3.05) is 0 Å². The molecular formula is C33H36N2O3S. The third kappa shape index (κ3) is 6.69. The number of aliphatic imine (C=N–C) groups is 1. The van der Waals surface area contributed by atoms with Crippen LogP contribution in [0.5, 0.6) is 5.75 Å². The zero-order valence-corrected chi connectivity index (χ0v) is 23.9. The molecule has 1 aliphatic carbocycles. The summed E-state index contributed by atoms with van der Waals surface area (Å²) in [4.78, 5) is 19.5. The molecule has 5 rings (SSSR count). The quantitative estimate of drug-likeness (QED) is 0.230. The van der Waals surface area contributed by atoms with E-state index in [1.807, 2.05) is 42.6 Å². The Bertz CT molecular complexity index is 1430. The molecule has 2 heterocycles. The van der Waals surface area contributed by atoms with Gasteiger partial charge in [-0.15, -0.1) is 11.3 Å². The first-order valence-electron chi connectivity index (χ1n) is 13.5. The maximum atomic E-state index is 13.4. The number of hydrogen-bond donors (Lipinski definition) is 1. The average Bonchev–Trinajstić information content (AvgIpc) is 3.58. The van der Waals surface area contributed by atoms with Crippen LogP contribution in [0, 0.1) is 18.3 Å². The molecule has 1 amide bonds. The lowest BCUT2D eigenvalue weighted by molar-refractivity contribution is 0.0947. The second kappa shape index (κ2) is 11.6. The Kier molecular flexibility index (Phi) is 8.03. The van der Waals surface area contributed by atoms with E-state index in [2.05, 4.69) is 57.3 Å². The molecule has 39 heavy (non-hydrogen) atoms. The van der Waals surface area contributed by atoms with E-state index in [1.165, 1.54) is 10.4 Å². The van der Waals surface area contributed by atoms with Gasteiger partial charge in [0, 0.05) is 11.1 Å². The normalized spacial score (nSPS) is 15.3. The van der Waals surface area contributed by atoms with Crippen LogP contribution in [0.15, 0.2) is 76.3 Å². The maximum absolute atomic E-state index is 13.4. The first-order valence-corrected chi connectivity index (χ1v) is 14.4. The molecule has 0 bridgehead atoms. The van der Waals surface area contributed by atoms with Crippen LogP contribution in [0.4, 0.5) is 5.00 Å². The predicted molar refractivity (Wildman–Crippen MR) is 158 cm³/mol. The van der Waals surface area contributed by atoms with Crippen molar-refractivity contribution in [2.45, 2.75) is 60.1 Å². The summed E-state index contributed by atoms with van der Waals surface area (Å²) in [6.45, 7) is 9.88. The minimum absolute atomic E-state index is 0.0925. The monoisotopic (exact) mass is 540 g/mol. The summed E-state index contributed by atoms with van der Waals surface area (Å²) in [7, 11) is 0. The standard InChI is InChI=1S/C33H36N2O3S/c1-22-7-9-24(10-8-22)21-38-26-14-11-23(12-15-26)19-35-32-30(31(36)34-20-27-6-5-17-37-27)28-16-13-25(33(2,3)4)18-29(28)39-32/h5-12,14-15,17,19,25H,13,16,18,20-21H2,1-4H3,(H,34,36)/t25-/m1/s1. The van der Waals surface area contributed by atoms with E-state index in [4.69, 9.17) is 14.1 Å². The molecule has 1 N–H and O–H groups in total. The number of ether oxygens (including phenoxy) is 1. The number of carbonyl (C=O) groups excluding carboxylic acids is 1. The van der Waals surface area contributed by atoms with Crippen molar-refractivity contribution in [3.8, 4) is 5.75 Å². The number of benzene rings is 2. The summed E-state index contributed by atoms with van der Waals surface area (Å²) in [5, 5.41) is 3.81. The first kappa shape index (κ1) is 26.9. The van der Waals surface area contributed by atoms with Gasteiger partial charge in [-0.25, -0.2) is 4.99 Å². The van der Waals surface area contributed by atoms with Gasteiger partial charge >= 0.3 is 0 Å². The summed E-state index contributed by atoms with van der Waals surface area (Å²) in [5.74, 6) is 2.04. The van der Waals surface area contributed by atoms with Crippen LogP contribution in [0.3, 0.4) is 0 Å². The molecule has 6 heteroatoms. The molecule has 0 aliphatic heterocycles. The first-order chi connectivity index (χ1) is 18.8. The van der Waals surface area contributed by atoms with Crippen LogP contribution in [0.2, 0.25) is 0 Å². The maximum Gasteiger partial charge on any atom is 0.255 e. The van der Waals surface area contributed by atoms with Gasteiger partial charge in [0.25, 0.3) is 5.91 Å². The van der Waals surface area contributed by atoms with Crippen molar-refractivity contribution >= 4 is 28.5 Å². The lowest BCUT2D eigenvalue weighted by atomic mass is 9.72. The zero-order chi connectivity index (χ0) is 27.4. The summed E-state index contributed by atoms with van der Waals surface area (Å²) in [6, 6.07) is 20.0. The Balaban J connectivity index is 1.33. The molecule has 4 aromatic rings. The van der Waals surface area contributed by atoms with Crippen molar-refractivity contribution < 1.29 is 13.9 Å². The van der Waals surface area contributed by atoms with Crippen molar-refractivity contribution in [1.82, 2.24) is 5.32 Å². The molecule has 0 unspecified atom stereocenters. The Labute approximate surface area is 234 Å². The number of amides is 1. The highest BCUT2D eigenvalue weighted by molar-refractivity contribution is 7.16. The number of rotatable bonds is 8. The summed E-state index contributed by atoms with van der Waals surface area (Å²) in [6.07, 6.45) is 6.43. The van der Waals surface area contributed by atoms with Crippen LogP contribution in [-0.2, 0) is 26.0 Å². The smallest absolute Gasteiger partial charge is 0.255 e. The second-order valence-electron chi connectivity index (χ2n) is 11.4. The van der Waals surface area contributed by atoms with E-state index < -0.39 is 0 Å². The van der Waals surface area contributed by atoms with Gasteiger partial charge in [0.1, 0.15) is 23.1 Å². The van der Waals surface area contributed by atoms with Crippen molar-refractivity contribution in [1.29, 1.82) is 0 Å². The molecule has 1 aliphatic rings. The van der Waals surface area contributed by atoms with Crippen molar-refractivity contribution in [2.24, 2.45) is 16.3 Å². The number of nitrogens with zero attached hydrogens (tertiary/aromatic N) is 1. The summed E-state index contributed by atoms with van der Waals surface area (Å²) < 4.78 is 11.4. The van der Waals surface area contributed by atoms with Gasteiger partial charge in [0.05, 0.1) is 18.4 Å². The third-order valence-electron chi connectivity index (χ3n) is 7.44. The fourth-order valence-corrected chi connectivity index (χ4v) is 6.21. The molecular weight excluding hydrogens is 504 g/mol. The number of thiophene rings is 1. The molecule has 0 spiro atoms. The fourth-order valence-electron chi connectivity index (χ4n) is 4.94. The van der Waals surface area contributed by atoms with E-state index in [9.17, 15) is 4.79 Å². The predicted octanol–water partition coefficient (Wildman–Crippen LogP) is 8.06. The van der Waals surface area contributed by atoms with Crippen LogP contribution in [-0.4, -0.2) is 12.1 Å².